The lowest BCUT2D eigenvalue weighted by Gasteiger charge is -2.31. The fourth-order valence-corrected chi connectivity index (χ4v) is 1.31. The Morgan fingerprint density at radius 1 is 1.45 bits per heavy atom. The zero-order chi connectivity index (χ0) is 8.59. The molecule has 0 bridgehead atoms. The number of nitrogens with zero attached hydrogens (tertiary/aromatic N) is 2. The summed E-state index contributed by atoms with van der Waals surface area (Å²) < 4.78 is 0. The van der Waals surface area contributed by atoms with Crippen molar-refractivity contribution in [3.05, 3.63) is 0 Å². The lowest BCUT2D eigenvalue weighted by Crippen LogP contribution is -2.54. The summed E-state index contributed by atoms with van der Waals surface area (Å²) >= 11 is 5.64. The van der Waals surface area contributed by atoms with E-state index >= 15 is 0 Å². The van der Waals surface area contributed by atoms with Gasteiger partial charge in [0.15, 0.2) is 0 Å². The van der Waals surface area contributed by atoms with Gasteiger partial charge in [-0.15, -0.1) is 11.6 Å². The van der Waals surface area contributed by atoms with Crippen molar-refractivity contribution in [3.8, 4) is 0 Å². The maximum Gasteiger partial charge on any atom is 0.326 e. The van der Waals surface area contributed by atoms with Gasteiger partial charge in [0, 0.05) is 20.6 Å². The number of hydrogen-bond donors (Lipinski definition) is 0. The van der Waals surface area contributed by atoms with E-state index < -0.39 is 5.38 Å². The van der Waals surface area contributed by atoms with E-state index in [1.165, 1.54) is 11.9 Å². The molecule has 1 saturated heterocycles. The second-order valence-electron chi connectivity index (χ2n) is 2.53. The van der Waals surface area contributed by atoms with Gasteiger partial charge in [-0.1, -0.05) is 0 Å². The molecule has 1 heterocycles. The number of carbonyl (C=O) groups is 2. The summed E-state index contributed by atoms with van der Waals surface area (Å²) in [5, 5.41) is -0.595. The summed E-state index contributed by atoms with van der Waals surface area (Å²) in [6.45, 7) is 0.295. The fourth-order valence-electron chi connectivity index (χ4n) is 0.957. The largest absolute Gasteiger partial charge is 0.326 e. The first-order valence-electron chi connectivity index (χ1n) is 3.20. The van der Waals surface area contributed by atoms with Crippen LogP contribution in [0.25, 0.3) is 0 Å². The summed E-state index contributed by atoms with van der Waals surface area (Å²) in [7, 11) is 3.04. The third kappa shape index (κ3) is 1.30. The first-order valence-corrected chi connectivity index (χ1v) is 3.64. The van der Waals surface area contributed by atoms with Gasteiger partial charge in [0.25, 0.3) is 0 Å². The van der Waals surface area contributed by atoms with Crippen LogP contribution in [0.1, 0.15) is 0 Å². The molecular weight excluding hydrogens is 168 g/mol. The molecule has 4 nitrogen and oxygen atoms in total. The van der Waals surface area contributed by atoms with Crippen LogP contribution in [0, 0.1) is 0 Å². The molecule has 1 atom stereocenters. The van der Waals surface area contributed by atoms with Crippen LogP contribution in [-0.2, 0) is 4.79 Å². The Morgan fingerprint density at radius 3 is 2.55 bits per heavy atom. The van der Waals surface area contributed by atoms with Crippen LogP contribution in [0.3, 0.4) is 0 Å². The molecule has 1 rings (SSSR count). The minimum absolute atomic E-state index is 0.295. The Kier molecular flexibility index (Phi) is 2.04. The number of amides is 3. The highest BCUT2D eigenvalue weighted by Gasteiger charge is 2.33. The first-order chi connectivity index (χ1) is 5.04. The molecule has 0 radical (unpaired) electrons. The van der Waals surface area contributed by atoms with Crippen molar-refractivity contribution in [2.75, 3.05) is 20.6 Å². The summed E-state index contributed by atoms with van der Waals surface area (Å²) in [6, 6.07) is -0.299. The third-order valence-electron chi connectivity index (χ3n) is 1.65. The van der Waals surface area contributed by atoms with Crippen molar-refractivity contribution in [1.82, 2.24) is 9.80 Å². The van der Waals surface area contributed by atoms with Crippen LogP contribution in [-0.4, -0.2) is 47.8 Å². The molecule has 0 spiro atoms. The van der Waals surface area contributed by atoms with Crippen molar-refractivity contribution < 1.29 is 9.59 Å². The van der Waals surface area contributed by atoms with E-state index in [-0.39, 0.29) is 11.9 Å². The van der Waals surface area contributed by atoms with Crippen LogP contribution < -0.4 is 0 Å². The monoisotopic (exact) mass is 176 g/mol. The van der Waals surface area contributed by atoms with Crippen LogP contribution in [0.15, 0.2) is 0 Å². The van der Waals surface area contributed by atoms with Crippen molar-refractivity contribution in [2.45, 2.75) is 5.38 Å². The van der Waals surface area contributed by atoms with Crippen LogP contribution in [0.2, 0.25) is 0 Å². The zero-order valence-electron chi connectivity index (χ0n) is 6.37. The topological polar surface area (TPSA) is 40.6 Å². The molecule has 0 N–H and O–H groups in total. The van der Waals surface area contributed by atoms with Gasteiger partial charge in [-0.05, 0) is 0 Å². The van der Waals surface area contributed by atoms with Gasteiger partial charge in [0.1, 0.15) is 5.38 Å². The highest BCUT2D eigenvalue weighted by atomic mass is 35.5. The van der Waals surface area contributed by atoms with Crippen LogP contribution in [0.5, 0.6) is 0 Å². The molecule has 0 aromatic carbocycles. The van der Waals surface area contributed by atoms with Crippen molar-refractivity contribution in [1.29, 1.82) is 0 Å². The Hall–Kier alpha value is -0.770. The molecule has 5 heteroatoms. The number of alkyl halides is 1. The summed E-state index contributed by atoms with van der Waals surface area (Å²) in [5.41, 5.74) is 0. The second-order valence-corrected chi connectivity index (χ2v) is 3.05. The van der Waals surface area contributed by atoms with E-state index in [1.54, 1.807) is 7.05 Å². The zero-order valence-corrected chi connectivity index (χ0v) is 7.13. The van der Waals surface area contributed by atoms with Gasteiger partial charge >= 0.3 is 6.03 Å². The van der Waals surface area contributed by atoms with Crippen molar-refractivity contribution in [2.24, 2.45) is 0 Å². The smallest absolute Gasteiger partial charge is 0.325 e. The predicted molar refractivity (Wildman–Crippen MR) is 40.4 cm³/mol. The van der Waals surface area contributed by atoms with Gasteiger partial charge in [-0.25, -0.2) is 4.79 Å². The van der Waals surface area contributed by atoms with Gasteiger partial charge in [0.2, 0.25) is 5.91 Å². The van der Waals surface area contributed by atoms with E-state index in [2.05, 4.69) is 0 Å². The number of halogens is 1. The lowest BCUT2D eigenvalue weighted by atomic mass is 10.3. The molecule has 1 fully saturated rings. The van der Waals surface area contributed by atoms with Crippen LogP contribution >= 0.6 is 11.6 Å². The average molecular weight is 177 g/mol. The average Bonchev–Trinajstić information content (AvgIpc) is 1.97. The second kappa shape index (κ2) is 2.70. The Bertz CT molecular complexity index is 187. The van der Waals surface area contributed by atoms with E-state index in [0.29, 0.717) is 6.54 Å². The van der Waals surface area contributed by atoms with E-state index in [4.69, 9.17) is 11.6 Å². The molecule has 3 amide bonds. The third-order valence-corrected chi connectivity index (χ3v) is 1.97. The number of hydrogen-bond acceptors (Lipinski definition) is 2. The Morgan fingerprint density at radius 2 is 2.00 bits per heavy atom. The Labute approximate surface area is 69.7 Å². The van der Waals surface area contributed by atoms with E-state index in [1.807, 2.05) is 0 Å². The van der Waals surface area contributed by atoms with E-state index in [9.17, 15) is 9.59 Å². The van der Waals surface area contributed by atoms with Gasteiger partial charge in [-0.3, -0.25) is 9.69 Å². The Balaban J connectivity index is 2.79. The van der Waals surface area contributed by atoms with Gasteiger partial charge in [-0.2, -0.15) is 0 Å². The first kappa shape index (κ1) is 8.33. The SMILES string of the molecule is CN1CC(Cl)C(=O)N(C)C1=O. The number of urea groups is 1. The van der Waals surface area contributed by atoms with Gasteiger partial charge < -0.3 is 4.90 Å². The molecular formula is C6H9ClN2O2. The number of carbonyl (C=O) groups excluding carboxylic acids is 2. The van der Waals surface area contributed by atoms with Crippen LogP contribution in [0.4, 0.5) is 4.79 Å². The lowest BCUT2D eigenvalue weighted by molar-refractivity contribution is -0.129. The summed E-state index contributed by atoms with van der Waals surface area (Å²) in [5.74, 6) is -0.324. The maximum absolute atomic E-state index is 11.1. The number of imide groups is 1. The molecule has 1 aliphatic rings. The molecule has 1 unspecified atom stereocenters. The minimum Gasteiger partial charge on any atom is -0.325 e. The fraction of sp³-hybridized carbons (Fsp3) is 0.667. The minimum atomic E-state index is -0.595. The summed E-state index contributed by atoms with van der Waals surface area (Å²) in [6.07, 6.45) is 0. The molecule has 1 aliphatic heterocycles. The predicted octanol–water partition coefficient (Wildman–Crippen LogP) is 0.118. The normalized spacial score (nSPS) is 26.3. The quantitative estimate of drug-likeness (QED) is 0.492. The standard InChI is InChI=1S/C6H9ClN2O2/c1-8-3-4(7)5(10)9(2)6(8)11/h4H,3H2,1-2H3. The maximum atomic E-state index is 11.1. The summed E-state index contributed by atoms with van der Waals surface area (Å²) in [4.78, 5) is 24.5. The van der Waals surface area contributed by atoms with Crippen molar-refractivity contribution >= 4 is 23.5 Å². The molecule has 11 heavy (non-hydrogen) atoms. The highest BCUT2D eigenvalue weighted by Crippen LogP contribution is 2.11. The van der Waals surface area contributed by atoms with Crippen molar-refractivity contribution in [3.63, 3.8) is 0 Å². The van der Waals surface area contributed by atoms with Gasteiger partial charge in [0.05, 0.1) is 0 Å². The molecule has 62 valence electrons. The molecule has 0 aromatic heterocycles. The number of rotatable bonds is 0. The molecule has 0 saturated carbocycles. The molecule has 0 aliphatic carbocycles. The highest BCUT2D eigenvalue weighted by molar-refractivity contribution is 6.32. The van der Waals surface area contributed by atoms with E-state index in [0.717, 1.165) is 4.90 Å². The molecule has 0 aromatic rings.